The average Bonchev–Trinajstić information content (AvgIpc) is 2.60. The van der Waals surface area contributed by atoms with Gasteiger partial charge >= 0.3 is 0 Å². The molecule has 0 unspecified atom stereocenters. The molecule has 27 heavy (non-hydrogen) atoms. The first-order valence-corrected chi connectivity index (χ1v) is 8.82. The summed E-state index contributed by atoms with van der Waals surface area (Å²) in [6.07, 6.45) is 2.06. The van der Waals surface area contributed by atoms with Crippen molar-refractivity contribution in [3.63, 3.8) is 0 Å². The van der Waals surface area contributed by atoms with Gasteiger partial charge in [-0.3, -0.25) is 5.41 Å². The second-order valence-electron chi connectivity index (χ2n) is 6.42. The first-order chi connectivity index (χ1) is 12.4. The van der Waals surface area contributed by atoms with Crippen LogP contribution in [0.1, 0.15) is 30.5 Å². The Balaban J connectivity index is 0.00000261. The Kier molecular flexibility index (Phi) is 6.89. The predicted octanol–water partition coefficient (Wildman–Crippen LogP) is 6.07. The standard InChI is InChI=1S/C22H21ClN2O.ClH/c1-14(2)26-20-5-3-4-15(10-20)11-21(23)18-8-6-17-13-19(22(24)25)9-7-16(17)12-18;/h3-14H,1-2H3,(H3,24,25);1H/b21-11-;. The number of nitrogen functional groups attached to an aromatic ring is 1. The van der Waals surface area contributed by atoms with Crippen molar-refractivity contribution in [2.24, 2.45) is 5.73 Å². The lowest BCUT2D eigenvalue weighted by Gasteiger charge is -2.10. The van der Waals surface area contributed by atoms with E-state index in [9.17, 15) is 0 Å². The first-order valence-electron chi connectivity index (χ1n) is 8.45. The maximum absolute atomic E-state index is 7.54. The smallest absolute Gasteiger partial charge is 0.122 e. The second kappa shape index (κ2) is 8.94. The Bertz CT molecular complexity index is 997. The number of halogens is 2. The number of amidine groups is 1. The lowest BCUT2D eigenvalue weighted by atomic mass is 10.0. The van der Waals surface area contributed by atoms with E-state index < -0.39 is 0 Å². The van der Waals surface area contributed by atoms with Crippen LogP contribution in [-0.2, 0) is 0 Å². The molecule has 3 aromatic rings. The molecule has 0 radical (unpaired) electrons. The van der Waals surface area contributed by atoms with Crippen LogP contribution >= 0.6 is 24.0 Å². The van der Waals surface area contributed by atoms with Gasteiger partial charge < -0.3 is 10.5 Å². The van der Waals surface area contributed by atoms with Gasteiger partial charge in [0.1, 0.15) is 11.6 Å². The molecule has 0 saturated heterocycles. The van der Waals surface area contributed by atoms with E-state index in [1.54, 1.807) is 0 Å². The summed E-state index contributed by atoms with van der Waals surface area (Å²) in [6.45, 7) is 4.00. The van der Waals surface area contributed by atoms with Crippen LogP contribution < -0.4 is 10.5 Å². The van der Waals surface area contributed by atoms with Gasteiger partial charge in [-0.25, -0.2) is 0 Å². The van der Waals surface area contributed by atoms with E-state index >= 15 is 0 Å². The average molecular weight is 401 g/mol. The van der Waals surface area contributed by atoms with Crippen LogP contribution in [0.4, 0.5) is 0 Å². The fourth-order valence-corrected chi connectivity index (χ4v) is 2.98. The Morgan fingerprint density at radius 3 is 2.26 bits per heavy atom. The Labute approximate surface area is 170 Å². The number of nitrogens with one attached hydrogen (secondary N) is 1. The van der Waals surface area contributed by atoms with Gasteiger partial charge in [0.05, 0.1) is 6.10 Å². The Hall–Kier alpha value is -2.49. The van der Waals surface area contributed by atoms with Crippen LogP contribution in [0.15, 0.2) is 60.7 Å². The predicted molar refractivity (Wildman–Crippen MR) is 118 cm³/mol. The number of fused-ring (bicyclic) bond motifs is 1. The highest BCUT2D eigenvalue weighted by Gasteiger charge is 2.04. The van der Waals surface area contributed by atoms with Gasteiger partial charge in [-0.1, -0.05) is 48.0 Å². The molecular formula is C22H22Cl2N2O. The van der Waals surface area contributed by atoms with E-state index in [4.69, 9.17) is 27.5 Å². The molecule has 0 atom stereocenters. The number of hydrogen-bond acceptors (Lipinski definition) is 2. The molecule has 0 aliphatic heterocycles. The monoisotopic (exact) mass is 400 g/mol. The molecule has 0 amide bonds. The SMILES string of the molecule is CC(C)Oc1cccc(/C=C(\Cl)c2ccc3cc(C(=N)N)ccc3c2)c1.Cl. The minimum atomic E-state index is 0. The van der Waals surface area contributed by atoms with Gasteiger partial charge in [0.2, 0.25) is 0 Å². The molecular weight excluding hydrogens is 379 g/mol. The summed E-state index contributed by atoms with van der Waals surface area (Å²) in [4.78, 5) is 0. The quantitative estimate of drug-likeness (QED) is 0.310. The van der Waals surface area contributed by atoms with E-state index in [0.717, 1.165) is 27.6 Å². The third kappa shape index (κ3) is 5.25. The molecule has 5 heteroatoms. The van der Waals surface area contributed by atoms with E-state index in [1.165, 1.54) is 0 Å². The zero-order valence-electron chi connectivity index (χ0n) is 15.2. The van der Waals surface area contributed by atoms with Crippen LogP contribution in [-0.4, -0.2) is 11.9 Å². The van der Waals surface area contributed by atoms with E-state index in [2.05, 4.69) is 0 Å². The van der Waals surface area contributed by atoms with E-state index in [1.807, 2.05) is 80.6 Å². The van der Waals surface area contributed by atoms with Gasteiger partial charge in [0, 0.05) is 10.6 Å². The Morgan fingerprint density at radius 1 is 1.00 bits per heavy atom. The second-order valence-corrected chi connectivity index (χ2v) is 6.83. The summed E-state index contributed by atoms with van der Waals surface area (Å²) in [5, 5.41) is 10.3. The van der Waals surface area contributed by atoms with Gasteiger partial charge in [-0.15, -0.1) is 12.4 Å². The van der Waals surface area contributed by atoms with Gasteiger partial charge in [0.15, 0.2) is 0 Å². The van der Waals surface area contributed by atoms with Crippen LogP contribution in [0.5, 0.6) is 5.75 Å². The van der Waals surface area contributed by atoms with Crippen molar-refractivity contribution < 1.29 is 4.74 Å². The maximum atomic E-state index is 7.54. The van der Waals surface area contributed by atoms with E-state index in [-0.39, 0.29) is 24.3 Å². The topological polar surface area (TPSA) is 59.1 Å². The highest BCUT2D eigenvalue weighted by molar-refractivity contribution is 6.51. The fourth-order valence-electron chi connectivity index (χ4n) is 2.74. The number of rotatable bonds is 5. The van der Waals surface area contributed by atoms with Crippen molar-refractivity contribution >= 4 is 51.7 Å². The number of benzene rings is 3. The van der Waals surface area contributed by atoms with Crippen molar-refractivity contribution in [1.29, 1.82) is 5.41 Å². The lowest BCUT2D eigenvalue weighted by Crippen LogP contribution is -2.10. The van der Waals surface area contributed by atoms with Crippen molar-refractivity contribution in [2.75, 3.05) is 0 Å². The molecule has 0 aliphatic rings. The molecule has 3 rings (SSSR count). The van der Waals surface area contributed by atoms with E-state index in [0.29, 0.717) is 10.6 Å². The zero-order chi connectivity index (χ0) is 18.7. The highest BCUT2D eigenvalue weighted by atomic mass is 35.5. The summed E-state index contributed by atoms with van der Waals surface area (Å²) >= 11 is 6.55. The molecule has 3 aromatic carbocycles. The zero-order valence-corrected chi connectivity index (χ0v) is 16.8. The number of nitrogens with two attached hydrogens (primary N) is 1. The van der Waals surface area contributed by atoms with Crippen LogP contribution in [0.2, 0.25) is 0 Å². The summed E-state index contributed by atoms with van der Waals surface area (Å²) < 4.78 is 5.73. The lowest BCUT2D eigenvalue weighted by molar-refractivity contribution is 0.242. The fraction of sp³-hybridized carbons (Fsp3) is 0.136. The minimum Gasteiger partial charge on any atom is -0.491 e. The molecule has 0 saturated carbocycles. The van der Waals surface area contributed by atoms with Gasteiger partial charge in [0.25, 0.3) is 0 Å². The maximum Gasteiger partial charge on any atom is 0.122 e. The van der Waals surface area contributed by atoms with Crippen LogP contribution in [0, 0.1) is 5.41 Å². The van der Waals surface area contributed by atoms with Gasteiger partial charge in [-0.05, 0) is 66.1 Å². The molecule has 0 aromatic heterocycles. The minimum absolute atomic E-state index is 0. The van der Waals surface area contributed by atoms with Crippen LogP contribution in [0.25, 0.3) is 21.9 Å². The highest BCUT2D eigenvalue weighted by Crippen LogP contribution is 2.27. The third-order valence-electron chi connectivity index (χ3n) is 3.95. The van der Waals surface area contributed by atoms with Crippen molar-refractivity contribution in [3.8, 4) is 5.75 Å². The molecule has 0 spiro atoms. The third-order valence-corrected chi connectivity index (χ3v) is 4.28. The number of ether oxygens (including phenoxy) is 1. The van der Waals surface area contributed by atoms with Crippen LogP contribution in [0.3, 0.4) is 0 Å². The molecule has 0 heterocycles. The summed E-state index contributed by atoms with van der Waals surface area (Å²) in [6, 6.07) is 19.6. The van der Waals surface area contributed by atoms with Crippen molar-refractivity contribution in [2.45, 2.75) is 20.0 Å². The normalized spacial score (nSPS) is 11.3. The number of hydrogen-bond donors (Lipinski definition) is 2. The summed E-state index contributed by atoms with van der Waals surface area (Å²) in [5.74, 6) is 0.894. The molecule has 3 N–H and O–H groups in total. The summed E-state index contributed by atoms with van der Waals surface area (Å²) in [7, 11) is 0. The largest absolute Gasteiger partial charge is 0.491 e. The van der Waals surface area contributed by atoms with Crippen molar-refractivity contribution in [3.05, 3.63) is 77.4 Å². The van der Waals surface area contributed by atoms with Gasteiger partial charge in [-0.2, -0.15) is 0 Å². The molecule has 0 aliphatic carbocycles. The Morgan fingerprint density at radius 2 is 1.63 bits per heavy atom. The molecule has 0 fully saturated rings. The molecule has 3 nitrogen and oxygen atoms in total. The molecule has 140 valence electrons. The molecule has 0 bridgehead atoms. The summed E-state index contributed by atoms with van der Waals surface area (Å²) in [5.41, 5.74) is 8.19. The first kappa shape index (κ1) is 20.8. The van der Waals surface area contributed by atoms with Crippen molar-refractivity contribution in [1.82, 2.24) is 0 Å².